The SMILES string of the molecule is COc1ccc(C(=O)N(CC(N)=O)CC(=O)O)c(O)c1. The highest BCUT2D eigenvalue weighted by molar-refractivity contribution is 6.00. The minimum absolute atomic E-state index is 0.145. The maximum absolute atomic E-state index is 12.1. The molecule has 2 amide bonds. The first-order valence-corrected chi connectivity index (χ1v) is 5.51. The number of hydrogen-bond acceptors (Lipinski definition) is 5. The van der Waals surface area contributed by atoms with E-state index < -0.39 is 30.9 Å². The van der Waals surface area contributed by atoms with E-state index in [-0.39, 0.29) is 11.3 Å². The van der Waals surface area contributed by atoms with Crippen molar-refractivity contribution >= 4 is 17.8 Å². The zero-order chi connectivity index (χ0) is 15.3. The third-order valence-electron chi connectivity index (χ3n) is 2.40. The Hall–Kier alpha value is -2.77. The van der Waals surface area contributed by atoms with Gasteiger partial charge in [-0.1, -0.05) is 0 Å². The molecule has 0 saturated heterocycles. The quantitative estimate of drug-likeness (QED) is 0.639. The molecule has 0 aromatic heterocycles. The third kappa shape index (κ3) is 3.87. The van der Waals surface area contributed by atoms with Crippen molar-refractivity contribution in [3.05, 3.63) is 23.8 Å². The van der Waals surface area contributed by atoms with Crippen LogP contribution in [-0.2, 0) is 9.59 Å². The molecule has 0 heterocycles. The minimum Gasteiger partial charge on any atom is -0.507 e. The van der Waals surface area contributed by atoms with Gasteiger partial charge < -0.3 is 25.6 Å². The number of carboxylic acids is 1. The molecule has 4 N–H and O–H groups in total. The molecule has 8 heteroatoms. The van der Waals surface area contributed by atoms with Gasteiger partial charge in [0.1, 0.15) is 24.6 Å². The zero-order valence-corrected chi connectivity index (χ0v) is 10.7. The van der Waals surface area contributed by atoms with Crippen molar-refractivity contribution in [3.8, 4) is 11.5 Å². The van der Waals surface area contributed by atoms with Crippen LogP contribution >= 0.6 is 0 Å². The Kier molecular flexibility index (Phi) is 4.90. The molecule has 0 bridgehead atoms. The Morgan fingerprint density at radius 1 is 1.30 bits per heavy atom. The summed E-state index contributed by atoms with van der Waals surface area (Å²) in [5.74, 6) is -3.01. The number of rotatable bonds is 6. The summed E-state index contributed by atoms with van der Waals surface area (Å²) in [7, 11) is 1.39. The highest BCUT2D eigenvalue weighted by Gasteiger charge is 2.22. The van der Waals surface area contributed by atoms with Crippen LogP contribution in [0.2, 0.25) is 0 Å². The molecule has 0 aliphatic carbocycles. The summed E-state index contributed by atoms with van der Waals surface area (Å²) in [6, 6.07) is 3.90. The first kappa shape index (κ1) is 15.3. The fraction of sp³-hybridized carbons (Fsp3) is 0.250. The van der Waals surface area contributed by atoms with E-state index in [9.17, 15) is 19.5 Å². The average molecular weight is 282 g/mol. The predicted octanol–water partition coefficient (Wildman–Crippen LogP) is -0.587. The maximum Gasteiger partial charge on any atom is 0.323 e. The number of phenols is 1. The lowest BCUT2D eigenvalue weighted by Crippen LogP contribution is -2.41. The second kappa shape index (κ2) is 6.41. The van der Waals surface area contributed by atoms with Crippen LogP contribution in [0.3, 0.4) is 0 Å². The molecule has 20 heavy (non-hydrogen) atoms. The Labute approximate surface area is 114 Å². The number of carboxylic acid groups (broad SMARTS) is 1. The van der Waals surface area contributed by atoms with Gasteiger partial charge in [-0.05, 0) is 12.1 Å². The predicted molar refractivity (Wildman–Crippen MR) is 67.4 cm³/mol. The number of benzene rings is 1. The first-order valence-electron chi connectivity index (χ1n) is 5.51. The molecule has 0 spiro atoms. The van der Waals surface area contributed by atoms with E-state index in [0.29, 0.717) is 5.75 Å². The minimum atomic E-state index is -1.30. The summed E-state index contributed by atoms with van der Waals surface area (Å²) in [6.45, 7) is -1.26. The molecule has 0 atom stereocenters. The number of aliphatic carboxylic acids is 1. The van der Waals surface area contributed by atoms with Gasteiger partial charge in [0.05, 0.1) is 12.7 Å². The van der Waals surface area contributed by atoms with Crippen LogP contribution < -0.4 is 10.5 Å². The summed E-state index contributed by atoms with van der Waals surface area (Å²) in [6.07, 6.45) is 0. The van der Waals surface area contributed by atoms with Crippen LogP contribution in [0.25, 0.3) is 0 Å². The lowest BCUT2D eigenvalue weighted by molar-refractivity contribution is -0.138. The third-order valence-corrected chi connectivity index (χ3v) is 2.40. The van der Waals surface area contributed by atoms with Gasteiger partial charge in [-0.15, -0.1) is 0 Å². The Morgan fingerprint density at radius 2 is 1.95 bits per heavy atom. The van der Waals surface area contributed by atoms with Crippen molar-refractivity contribution in [2.75, 3.05) is 20.2 Å². The fourth-order valence-electron chi connectivity index (χ4n) is 1.54. The van der Waals surface area contributed by atoms with Gasteiger partial charge in [0.15, 0.2) is 0 Å². The van der Waals surface area contributed by atoms with Gasteiger partial charge in [-0.2, -0.15) is 0 Å². The number of nitrogens with two attached hydrogens (primary N) is 1. The number of carbonyl (C=O) groups excluding carboxylic acids is 2. The van der Waals surface area contributed by atoms with Crippen molar-refractivity contribution < 1.29 is 29.3 Å². The number of amides is 2. The van der Waals surface area contributed by atoms with E-state index >= 15 is 0 Å². The Morgan fingerprint density at radius 3 is 2.40 bits per heavy atom. The van der Waals surface area contributed by atoms with Crippen LogP contribution in [-0.4, -0.2) is 53.1 Å². The number of primary amides is 1. The molecular formula is C12H14N2O6. The average Bonchev–Trinajstić information content (AvgIpc) is 2.35. The van der Waals surface area contributed by atoms with Crippen LogP contribution in [0.4, 0.5) is 0 Å². The normalized spacial score (nSPS) is 9.85. The molecule has 0 unspecified atom stereocenters. The molecule has 0 saturated carbocycles. The smallest absolute Gasteiger partial charge is 0.323 e. The lowest BCUT2D eigenvalue weighted by atomic mass is 10.1. The molecule has 8 nitrogen and oxygen atoms in total. The van der Waals surface area contributed by atoms with Crippen LogP contribution in [0.15, 0.2) is 18.2 Å². The second-order valence-electron chi connectivity index (χ2n) is 3.90. The van der Waals surface area contributed by atoms with Gasteiger partial charge in [-0.3, -0.25) is 14.4 Å². The van der Waals surface area contributed by atoms with Gasteiger partial charge >= 0.3 is 5.97 Å². The summed E-state index contributed by atoms with van der Waals surface area (Å²) in [5, 5.41) is 18.4. The molecule has 0 fully saturated rings. The van der Waals surface area contributed by atoms with Crippen LogP contribution in [0.1, 0.15) is 10.4 Å². The van der Waals surface area contributed by atoms with E-state index in [1.54, 1.807) is 0 Å². The standard InChI is InChI=1S/C12H14N2O6/c1-20-7-2-3-8(9(15)4-7)12(19)14(5-10(13)16)6-11(17)18/h2-4,15H,5-6H2,1H3,(H2,13,16)(H,17,18). The number of nitrogens with zero attached hydrogens (tertiary/aromatic N) is 1. The summed E-state index contributed by atoms with van der Waals surface area (Å²) >= 11 is 0. The highest BCUT2D eigenvalue weighted by Crippen LogP contribution is 2.24. The Bertz CT molecular complexity index is 527. The van der Waals surface area contributed by atoms with Crippen molar-refractivity contribution in [3.63, 3.8) is 0 Å². The van der Waals surface area contributed by atoms with E-state index in [1.165, 1.54) is 25.3 Å². The topological polar surface area (TPSA) is 130 Å². The van der Waals surface area contributed by atoms with E-state index in [0.717, 1.165) is 4.90 Å². The monoisotopic (exact) mass is 282 g/mol. The zero-order valence-electron chi connectivity index (χ0n) is 10.7. The van der Waals surface area contributed by atoms with Crippen molar-refractivity contribution in [2.45, 2.75) is 0 Å². The summed E-state index contributed by atoms with van der Waals surface area (Å²) in [4.78, 5) is 34.4. The summed E-state index contributed by atoms with van der Waals surface area (Å²) in [5.41, 5.74) is 4.82. The molecule has 0 radical (unpaired) electrons. The molecule has 0 aliphatic rings. The number of carbonyl (C=O) groups is 3. The second-order valence-corrected chi connectivity index (χ2v) is 3.90. The van der Waals surface area contributed by atoms with Gasteiger partial charge in [0.25, 0.3) is 5.91 Å². The van der Waals surface area contributed by atoms with Crippen LogP contribution in [0, 0.1) is 0 Å². The Balaban J connectivity index is 3.04. The lowest BCUT2D eigenvalue weighted by Gasteiger charge is -2.19. The molecule has 1 aromatic rings. The molecule has 1 aromatic carbocycles. The molecular weight excluding hydrogens is 268 g/mol. The fourth-order valence-corrected chi connectivity index (χ4v) is 1.54. The van der Waals surface area contributed by atoms with Gasteiger partial charge in [0, 0.05) is 6.07 Å². The first-order chi connectivity index (χ1) is 9.35. The number of hydrogen-bond donors (Lipinski definition) is 3. The van der Waals surface area contributed by atoms with E-state index in [2.05, 4.69) is 0 Å². The number of phenolic OH excluding ortho intramolecular Hbond substituents is 1. The summed E-state index contributed by atoms with van der Waals surface area (Å²) < 4.78 is 4.87. The van der Waals surface area contributed by atoms with Crippen molar-refractivity contribution in [2.24, 2.45) is 5.73 Å². The van der Waals surface area contributed by atoms with E-state index in [1.807, 2.05) is 0 Å². The largest absolute Gasteiger partial charge is 0.507 e. The molecule has 1 rings (SSSR count). The van der Waals surface area contributed by atoms with Crippen LogP contribution in [0.5, 0.6) is 11.5 Å². The molecule has 0 aliphatic heterocycles. The number of aromatic hydroxyl groups is 1. The molecule has 108 valence electrons. The highest BCUT2D eigenvalue weighted by atomic mass is 16.5. The van der Waals surface area contributed by atoms with Crippen molar-refractivity contribution in [1.29, 1.82) is 0 Å². The van der Waals surface area contributed by atoms with Crippen molar-refractivity contribution in [1.82, 2.24) is 4.90 Å². The number of methoxy groups -OCH3 is 1. The maximum atomic E-state index is 12.1. The van der Waals surface area contributed by atoms with Gasteiger partial charge in [0.2, 0.25) is 5.91 Å². The van der Waals surface area contributed by atoms with Gasteiger partial charge in [-0.25, -0.2) is 0 Å². The number of ether oxygens (including phenoxy) is 1. The van der Waals surface area contributed by atoms with E-state index in [4.69, 9.17) is 15.6 Å².